The van der Waals surface area contributed by atoms with Crippen LogP contribution >= 0.6 is 0 Å². The van der Waals surface area contributed by atoms with Crippen LogP contribution in [0.5, 0.6) is 0 Å². The van der Waals surface area contributed by atoms with Crippen LogP contribution in [0.15, 0.2) is 23.8 Å². The number of aliphatic carboxylic acids is 2. The summed E-state index contributed by atoms with van der Waals surface area (Å²) in [5.41, 5.74) is -0.857. The van der Waals surface area contributed by atoms with E-state index in [4.69, 9.17) is 0 Å². The Kier molecular flexibility index (Phi) is 3.78. The van der Waals surface area contributed by atoms with Gasteiger partial charge in [0.05, 0.1) is 5.41 Å². The number of carboxylic acids is 2. The van der Waals surface area contributed by atoms with E-state index < -0.39 is 23.3 Å². The van der Waals surface area contributed by atoms with Crippen LogP contribution in [0.4, 0.5) is 0 Å². The van der Waals surface area contributed by atoms with Crippen LogP contribution in [-0.2, 0) is 9.59 Å². The molecule has 0 aromatic carbocycles. The fraction of sp³-hybridized carbons (Fsp3) is 0.600. The second-order valence-electron chi connectivity index (χ2n) is 5.75. The van der Waals surface area contributed by atoms with Gasteiger partial charge in [0, 0.05) is 11.5 Å². The van der Waals surface area contributed by atoms with E-state index in [2.05, 4.69) is 0 Å². The highest BCUT2D eigenvalue weighted by atomic mass is 16.4. The molecule has 0 radical (unpaired) electrons. The first-order valence-electron chi connectivity index (χ1n) is 6.83. The summed E-state index contributed by atoms with van der Waals surface area (Å²) in [7, 11) is 0. The topological polar surface area (TPSA) is 74.6 Å². The quantitative estimate of drug-likeness (QED) is 0.822. The van der Waals surface area contributed by atoms with E-state index in [0.29, 0.717) is 0 Å². The molecule has 0 saturated heterocycles. The van der Waals surface area contributed by atoms with Crippen molar-refractivity contribution in [2.45, 2.75) is 39.0 Å². The van der Waals surface area contributed by atoms with E-state index in [1.807, 2.05) is 0 Å². The van der Waals surface area contributed by atoms with Crippen molar-refractivity contribution in [3.05, 3.63) is 23.8 Å². The summed E-state index contributed by atoms with van der Waals surface area (Å²) < 4.78 is 0. The minimum absolute atomic E-state index is 0.155. The van der Waals surface area contributed by atoms with Crippen LogP contribution in [-0.4, -0.2) is 22.2 Å². The molecule has 2 rings (SSSR count). The van der Waals surface area contributed by atoms with Gasteiger partial charge in [-0.15, -0.1) is 0 Å². The molecule has 19 heavy (non-hydrogen) atoms. The van der Waals surface area contributed by atoms with Crippen molar-refractivity contribution in [2.75, 3.05) is 0 Å². The maximum absolute atomic E-state index is 11.6. The van der Waals surface area contributed by atoms with E-state index in [0.717, 1.165) is 32.1 Å². The zero-order chi connectivity index (χ0) is 14.0. The number of carboxylic acid groups (broad SMARTS) is 2. The standard InChI is InChI=1S/C15H20O4/c1-15(14(18)19)9-5-8-11(13(16)17)12(15)10-6-3-2-4-7-10/h5,8-10,12H,2-4,6-7H2,1H3,(H,16,17)(H,18,19). The summed E-state index contributed by atoms with van der Waals surface area (Å²) >= 11 is 0. The molecule has 2 N–H and O–H groups in total. The van der Waals surface area contributed by atoms with Crippen molar-refractivity contribution in [1.29, 1.82) is 0 Å². The van der Waals surface area contributed by atoms with Gasteiger partial charge in [0.15, 0.2) is 0 Å². The fourth-order valence-electron chi connectivity index (χ4n) is 3.50. The summed E-state index contributed by atoms with van der Waals surface area (Å²) in [5.74, 6) is -2.20. The molecule has 1 fully saturated rings. The van der Waals surface area contributed by atoms with Crippen LogP contribution in [0.3, 0.4) is 0 Å². The van der Waals surface area contributed by atoms with Gasteiger partial charge in [0.1, 0.15) is 0 Å². The predicted octanol–water partition coefficient (Wildman–Crippen LogP) is 2.85. The molecule has 2 aliphatic rings. The van der Waals surface area contributed by atoms with Crippen molar-refractivity contribution >= 4 is 11.9 Å². The first-order chi connectivity index (χ1) is 8.97. The van der Waals surface area contributed by atoms with E-state index in [1.54, 1.807) is 25.2 Å². The Morgan fingerprint density at radius 2 is 1.84 bits per heavy atom. The molecule has 0 aromatic heterocycles. The lowest BCUT2D eigenvalue weighted by Crippen LogP contribution is -2.42. The predicted molar refractivity (Wildman–Crippen MR) is 70.7 cm³/mol. The zero-order valence-electron chi connectivity index (χ0n) is 11.1. The highest BCUT2D eigenvalue weighted by Crippen LogP contribution is 2.47. The number of allylic oxidation sites excluding steroid dienone is 2. The lowest BCUT2D eigenvalue weighted by molar-refractivity contribution is -0.149. The fourth-order valence-corrected chi connectivity index (χ4v) is 3.50. The van der Waals surface area contributed by atoms with Gasteiger partial charge in [0.2, 0.25) is 0 Å². The van der Waals surface area contributed by atoms with Crippen LogP contribution in [0.2, 0.25) is 0 Å². The Balaban J connectivity index is 2.40. The summed E-state index contributed by atoms with van der Waals surface area (Å²) in [5, 5.41) is 18.9. The monoisotopic (exact) mass is 264 g/mol. The second-order valence-corrected chi connectivity index (χ2v) is 5.75. The van der Waals surface area contributed by atoms with E-state index in [9.17, 15) is 19.8 Å². The summed E-state index contributed by atoms with van der Waals surface area (Å²) in [6, 6.07) is 0. The van der Waals surface area contributed by atoms with Crippen molar-refractivity contribution in [3.8, 4) is 0 Å². The highest BCUT2D eigenvalue weighted by Gasteiger charge is 2.48. The smallest absolute Gasteiger partial charge is 0.331 e. The molecule has 1 saturated carbocycles. The maximum atomic E-state index is 11.6. The van der Waals surface area contributed by atoms with Gasteiger partial charge in [-0.3, -0.25) is 4.79 Å². The average Bonchev–Trinajstić information content (AvgIpc) is 2.39. The first kappa shape index (κ1) is 13.8. The molecule has 0 amide bonds. The molecule has 0 aromatic rings. The normalized spacial score (nSPS) is 31.8. The second kappa shape index (κ2) is 5.19. The van der Waals surface area contributed by atoms with Gasteiger partial charge in [-0.25, -0.2) is 4.79 Å². The number of carbonyl (C=O) groups is 2. The molecule has 4 nitrogen and oxygen atoms in total. The third-order valence-electron chi connectivity index (χ3n) is 4.53. The molecule has 0 spiro atoms. The summed E-state index contributed by atoms with van der Waals surface area (Å²) in [6.45, 7) is 1.64. The zero-order valence-corrected chi connectivity index (χ0v) is 11.1. The van der Waals surface area contributed by atoms with Crippen molar-refractivity contribution < 1.29 is 19.8 Å². The third kappa shape index (κ3) is 2.44. The molecule has 2 atom stereocenters. The average molecular weight is 264 g/mol. The molecule has 0 aliphatic heterocycles. The Hall–Kier alpha value is -1.58. The highest BCUT2D eigenvalue weighted by molar-refractivity contribution is 5.91. The molecular formula is C15H20O4. The van der Waals surface area contributed by atoms with E-state index in [-0.39, 0.29) is 11.5 Å². The Bertz CT molecular complexity index is 443. The molecule has 0 heterocycles. The summed E-state index contributed by atoms with van der Waals surface area (Å²) in [6.07, 6.45) is 9.90. The maximum Gasteiger partial charge on any atom is 0.331 e. The first-order valence-corrected chi connectivity index (χ1v) is 6.83. The van der Waals surface area contributed by atoms with Crippen LogP contribution in [0.25, 0.3) is 0 Å². The summed E-state index contributed by atoms with van der Waals surface area (Å²) in [4.78, 5) is 23.0. The number of hydrogen-bond acceptors (Lipinski definition) is 2. The molecule has 2 unspecified atom stereocenters. The lowest BCUT2D eigenvalue weighted by atomic mass is 9.61. The largest absolute Gasteiger partial charge is 0.481 e. The van der Waals surface area contributed by atoms with Gasteiger partial charge in [0.25, 0.3) is 0 Å². The molecule has 0 bridgehead atoms. The van der Waals surface area contributed by atoms with Crippen molar-refractivity contribution in [2.24, 2.45) is 17.3 Å². The van der Waals surface area contributed by atoms with Gasteiger partial charge in [-0.1, -0.05) is 37.5 Å². The lowest BCUT2D eigenvalue weighted by Gasteiger charge is -2.40. The van der Waals surface area contributed by atoms with Crippen LogP contribution in [0.1, 0.15) is 39.0 Å². The van der Waals surface area contributed by atoms with Gasteiger partial charge in [-0.05, 0) is 25.7 Å². The number of rotatable bonds is 3. The number of hydrogen-bond donors (Lipinski definition) is 2. The van der Waals surface area contributed by atoms with Gasteiger partial charge < -0.3 is 10.2 Å². The SMILES string of the molecule is CC1(C(=O)O)C=CC=C(C(=O)O)C1C1CCCCC1. The van der Waals surface area contributed by atoms with E-state index >= 15 is 0 Å². The minimum atomic E-state index is -1.11. The molecule has 104 valence electrons. The Labute approximate surface area is 112 Å². The van der Waals surface area contributed by atoms with Gasteiger partial charge >= 0.3 is 11.9 Å². The molecule has 2 aliphatic carbocycles. The third-order valence-corrected chi connectivity index (χ3v) is 4.53. The minimum Gasteiger partial charge on any atom is -0.481 e. The van der Waals surface area contributed by atoms with Gasteiger partial charge in [-0.2, -0.15) is 0 Å². The Morgan fingerprint density at radius 1 is 1.21 bits per heavy atom. The van der Waals surface area contributed by atoms with Crippen LogP contribution in [0, 0.1) is 17.3 Å². The Morgan fingerprint density at radius 3 is 2.37 bits per heavy atom. The van der Waals surface area contributed by atoms with Crippen molar-refractivity contribution in [3.63, 3.8) is 0 Å². The van der Waals surface area contributed by atoms with Crippen LogP contribution < -0.4 is 0 Å². The molecule has 4 heteroatoms. The molecular weight excluding hydrogens is 244 g/mol. The van der Waals surface area contributed by atoms with Crippen molar-refractivity contribution in [1.82, 2.24) is 0 Å². The van der Waals surface area contributed by atoms with E-state index in [1.165, 1.54) is 0 Å².